The number of sulfonamides is 1. The first kappa shape index (κ1) is 14.0. The highest BCUT2D eigenvalue weighted by Crippen LogP contribution is 2.19. The van der Waals surface area contributed by atoms with Crippen LogP contribution in [0.5, 0.6) is 0 Å². The van der Waals surface area contributed by atoms with E-state index in [0.29, 0.717) is 13.0 Å². The Balaban J connectivity index is 2.17. The van der Waals surface area contributed by atoms with E-state index in [9.17, 15) is 13.5 Å². The van der Waals surface area contributed by atoms with Crippen molar-refractivity contribution < 1.29 is 18.3 Å². The van der Waals surface area contributed by atoms with Crippen LogP contribution in [-0.2, 0) is 14.8 Å². The number of ether oxygens (including phenoxy) is 1. The largest absolute Gasteiger partial charge is 0.386 e. The van der Waals surface area contributed by atoms with Gasteiger partial charge in [-0.15, -0.1) is 0 Å². The van der Waals surface area contributed by atoms with E-state index >= 15 is 0 Å². The van der Waals surface area contributed by atoms with Crippen molar-refractivity contribution in [3.05, 3.63) is 29.8 Å². The Morgan fingerprint density at radius 3 is 2.84 bits per heavy atom. The fraction of sp³-hybridized carbons (Fsp3) is 0.417. The van der Waals surface area contributed by atoms with Crippen molar-refractivity contribution in [3.63, 3.8) is 0 Å². The molecule has 1 fully saturated rings. The van der Waals surface area contributed by atoms with Gasteiger partial charge in [-0.05, 0) is 12.1 Å². The highest BCUT2D eigenvalue weighted by atomic mass is 32.2. The lowest BCUT2D eigenvalue weighted by Crippen LogP contribution is -2.43. The quantitative estimate of drug-likeness (QED) is 0.809. The van der Waals surface area contributed by atoms with Gasteiger partial charge in [0.2, 0.25) is 10.0 Å². The number of hydrogen-bond acceptors (Lipinski definition) is 5. The molecule has 0 spiro atoms. The predicted molar refractivity (Wildman–Crippen MR) is 66.7 cm³/mol. The molecule has 0 aliphatic carbocycles. The number of nitriles is 1. The lowest BCUT2D eigenvalue weighted by atomic mass is 10.1. The van der Waals surface area contributed by atoms with Gasteiger partial charge >= 0.3 is 0 Å². The van der Waals surface area contributed by atoms with Crippen LogP contribution in [0.15, 0.2) is 29.2 Å². The van der Waals surface area contributed by atoms with Crippen LogP contribution in [0.4, 0.5) is 0 Å². The molecule has 1 heterocycles. The molecule has 1 unspecified atom stereocenters. The minimum atomic E-state index is -3.82. The second-order valence-electron chi connectivity index (χ2n) is 4.46. The van der Waals surface area contributed by atoms with Crippen LogP contribution >= 0.6 is 0 Å². The second kappa shape index (κ2) is 5.27. The van der Waals surface area contributed by atoms with E-state index in [4.69, 9.17) is 10.00 Å². The van der Waals surface area contributed by atoms with Gasteiger partial charge in [0.1, 0.15) is 11.7 Å². The monoisotopic (exact) mass is 282 g/mol. The zero-order chi connectivity index (χ0) is 13.9. The van der Waals surface area contributed by atoms with Gasteiger partial charge in [-0.25, -0.2) is 13.1 Å². The minimum absolute atomic E-state index is 0.0738. The molecule has 0 amide bonds. The summed E-state index contributed by atoms with van der Waals surface area (Å²) in [5.74, 6) is 0. The van der Waals surface area contributed by atoms with Gasteiger partial charge < -0.3 is 9.84 Å². The van der Waals surface area contributed by atoms with E-state index < -0.39 is 15.6 Å². The summed E-state index contributed by atoms with van der Waals surface area (Å²) in [5.41, 5.74) is -1.10. The maximum absolute atomic E-state index is 12.1. The van der Waals surface area contributed by atoms with Gasteiger partial charge in [0, 0.05) is 19.6 Å². The van der Waals surface area contributed by atoms with Crippen LogP contribution in [0.2, 0.25) is 0 Å². The average molecular weight is 282 g/mol. The number of nitrogens with zero attached hydrogens (tertiary/aromatic N) is 1. The molecule has 7 heteroatoms. The van der Waals surface area contributed by atoms with Crippen LogP contribution in [0.1, 0.15) is 12.0 Å². The van der Waals surface area contributed by atoms with Crippen molar-refractivity contribution in [2.75, 3.05) is 19.8 Å². The molecule has 2 rings (SSSR count). The third-order valence-electron chi connectivity index (χ3n) is 2.97. The van der Waals surface area contributed by atoms with E-state index in [-0.39, 0.29) is 23.6 Å². The van der Waals surface area contributed by atoms with Crippen molar-refractivity contribution in [3.8, 4) is 6.07 Å². The van der Waals surface area contributed by atoms with E-state index in [2.05, 4.69) is 4.72 Å². The van der Waals surface area contributed by atoms with Crippen molar-refractivity contribution in [2.45, 2.75) is 16.9 Å². The highest BCUT2D eigenvalue weighted by Gasteiger charge is 2.34. The molecular formula is C12H14N2O4S. The topological polar surface area (TPSA) is 99.4 Å². The molecule has 1 aliphatic heterocycles. The van der Waals surface area contributed by atoms with Crippen LogP contribution in [0.3, 0.4) is 0 Å². The first-order valence-corrected chi connectivity index (χ1v) is 7.24. The van der Waals surface area contributed by atoms with Crippen LogP contribution in [-0.4, -0.2) is 38.9 Å². The van der Waals surface area contributed by atoms with Gasteiger partial charge in [-0.1, -0.05) is 12.1 Å². The van der Waals surface area contributed by atoms with E-state index in [1.165, 1.54) is 12.1 Å². The SMILES string of the molecule is N#Cc1ccccc1S(=O)(=O)NCC1(O)CCOC1. The van der Waals surface area contributed by atoms with Gasteiger partial charge in [-0.3, -0.25) is 0 Å². The van der Waals surface area contributed by atoms with Crippen LogP contribution in [0, 0.1) is 11.3 Å². The summed E-state index contributed by atoms with van der Waals surface area (Å²) in [4.78, 5) is -0.0833. The summed E-state index contributed by atoms with van der Waals surface area (Å²) in [6.45, 7) is 0.386. The van der Waals surface area contributed by atoms with Crippen molar-refractivity contribution in [1.29, 1.82) is 5.26 Å². The van der Waals surface area contributed by atoms with Gasteiger partial charge in [0.05, 0.1) is 17.1 Å². The molecular weight excluding hydrogens is 268 g/mol. The maximum atomic E-state index is 12.1. The lowest BCUT2D eigenvalue weighted by molar-refractivity contribution is 0.0314. The lowest BCUT2D eigenvalue weighted by Gasteiger charge is -2.20. The first-order valence-electron chi connectivity index (χ1n) is 5.76. The summed E-state index contributed by atoms with van der Waals surface area (Å²) < 4.78 is 31.6. The predicted octanol–water partition coefficient (Wildman–Crippen LogP) is -0.0120. The maximum Gasteiger partial charge on any atom is 0.241 e. The van der Waals surface area contributed by atoms with E-state index in [1.807, 2.05) is 6.07 Å². The smallest absolute Gasteiger partial charge is 0.241 e. The number of hydrogen-bond donors (Lipinski definition) is 2. The third kappa shape index (κ3) is 3.11. The van der Waals surface area contributed by atoms with Crippen molar-refractivity contribution in [1.82, 2.24) is 4.72 Å². The highest BCUT2D eigenvalue weighted by molar-refractivity contribution is 7.89. The van der Waals surface area contributed by atoms with Crippen molar-refractivity contribution in [2.24, 2.45) is 0 Å². The molecule has 0 radical (unpaired) electrons. The van der Waals surface area contributed by atoms with Crippen LogP contribution in [0.25, 0.3) is 0 Å². The first-order chi connectivity index (χ1) is 8.97. The summed E-state index contributed by atoms with van der Waals surface area (Å²) in [6, 6.07) is 7.76. The molecule has 0 bridgehead atoms. The molecule has 102 valence electrons. The Morgan fingerprint density at radius 2 is 2.21 bits per heavy atom. The fourth-order valence-corrected chi connectivity index (χ4v) is 3.11. The zero-order valence-electron chi connectivity index (χ0n) is 10.2. The molecule has 1 aromatic carbocycles. The summed E-state index contributed by atoms with van der Waals surface area (Å²) >= 11 is 0. The minimum Gasteiger partial charge on any atom is -0.386 e. The normalized spacial score (nSPS) is 23.2. The number of rotatable bonds is 4. The Kier molecular flexibility index (Phi) is 3.87. The van der Waals surface area contributed by atoms with Gasteiger partial charge in [-0.2, -0.15) is 5.26 Å². The van der Waals surface area contributed by atoms with Crippen LogP contribution < -0.4 is 4.72 Å². The molecule has 6 nitrogen and oxygen atoms in total. The average Bonchev–Trinajstić information content (AvgIpc) is 2.84. The van der Waals surface area contributed by atoms with Gasteiger partial charge in [0.15, 0.2) is 0 Å². The second-order valence-corrected chi connectivity index (χ2v) is 6.19. The number of benzene rings is 1. The van der Waals surface area contributed by atoms with E-state index in [0.717, 1.165) is 0 Å². The molecule has 19 heavy (non-hydrogen) atoms. The Morgan fingerprint density at radius 1 is 1.47 bits per heavy atom. The van der Waals surface area contributed by atoms with E-state index in [1.54, 1.807) is 12.1 Å². The third-order valence-corrected chi connectivity index (χ3v) is 4.43. The molecule has 1 atom stereocenters. The number of aliphatic hydroxyl groups is 1. The molecule has 1 aromatic rings. The summed E-state index contributed by atoms with van der Waals surface area (Å²) in [7, 11) is -3.82. The number of nitrogens with one attached hydrogen (secondary N) is 1. The molecule has 2 N–H and O–H groups in total. The molecule has 1 saturated heterocycles. The summed E-state index contributed by atoms with van der Waals surface area (Å²) in [6.07, 6.45) is 0.384. The van der Waals surface area contributed by atoms with Gasteiger partial charge in [0.25, 0.3) is 0 Å². The standard InChI is InChI=1S/C12H14N2O4S/c13-7-10-3-1-2-4-11(10)19(16,17)14-8-12(15)5-6-18-9-12/h1-4,14-15H,5-6,8-9H2. The Labute approximate surface area is 111 Å². The molecule has 1 aliphatic rings. The Bertz CT molecular complexity index is 600. The Hall–Kier alpha value is -1.46. The fourth-order valence-electron chi connectivity index (χ4n) is 1.84. The zero-order valence-corrected chi connectivity index (χ0v) is 11.0. The van der Waals surface area contributed by atoms with Crippen molar-refractivity contribution >= 4 is 10.0 Å². The molecule has 0 saturated carbocycles. The summed E-state index contributed by atoms with van der Waals surface area (Å²) in [5, 5.41) is 18.9. The molecule has 0 aromatic heterocycles.